The lowest BCUT2D eigenvalue weighted by Crippen LogP contribution is -2.20. The first-order valence-electron chi connectivity index (χ1n) is 3.86. The second-order valence-electron chi connectivity index (χ2n) is 2.43. The topological polar surface area (TPSA) is 110 Å². The number of nitrogens with zero attached hydrogens (tertiary/aromatic N) is 3. The zero-order valence-corrected chi connectivity index (χ0v) is 7.41. The number of aliphatic imine (C=N–C) groups is 1. The average Bonchev–Trinajstić information content (AvgIpc) is 2.13. The largest absolute Gasteiger partial charge is 0.387 e. The van der Waals surface area contributed by atoms with Gasteiger partial charge in [0, 0.05) is 6.42 Å². The molecule has 0 amide bonds. The number of rotatable bonds is 4. The highest BCUT2D eigenvalue weighted by Crippen LogP contribution is 1.95. The molecule has 0 fully saturated rings. The van der Waals surface area contributed by atoms with E-state index in [9.17, 15) is 0 Å². The van der Waals surface area contributed by atoms with Gasteiger partial charge in [0.15, 0.2) is 6.04 Å². The number of amidine groups is 1. The summed E-state index contributed by atoms with van der Waals surface area (Å²) in [5.41, 5.74) is 5.07. The Kier molecular flexibility index (Phi) is 4.90. The highest BCUT2D eigenvalue weighted by molar-refractivity contribution is 6.03. The summed E-state index contributed by atoms with van der Waals surface area (Å²) in [4.78, 5) is 3.74. The minimum atomic E-state index is -1.04. The molecule has 0 saturated carbocycles. The number of hydrogen-bond acceptors (Lipinski definition) is 4. The van der Waals surface area contributed by atoms with Crippen LogP contribution in [0.5, 0.6) is 0 Å². The Bertz CT molecular complexity index is 291. The van der Waals surface area contributed by atoms with Crippen molar-refractivity contribution in [2.24, 2.45) is 10.7 Å². The first kappa shape index (κ1) is 11.1. The molecule has 0 aromatic carbocycles. The van der Waals surface area contributed by atoms with Crippen molar-refractivity contribution in [1.82, 2.24) is 0 Å². The lowest BCUT2D eigenvalue weighted by Gasteiger charge is -2.01. The molecule has 13 heavy (non-hydrogen) atoms. The van der Waals surface area contributed by atoms with Crippen LogP contribution in [-0.4, -0.2) is 17.6 Å². The molecule has 0 saturated heterocycles. The molecule has 0 aliphatic heterocycles. The molecular weight excluding hydrogens is 166 g/mol. The van der Waals surface area contributed by atoms with E-state index in [1.165, 1.54) is 0 Å². The zero-order chi connectivity index (χ0) is 10.3. The standard InChI is InChI=1S/C8H11N5/c1-2-3-8(12)13-7(5-10)6(11)4-9/h7,11H,2-3H2,1H3,(H2,12,13). The minimum Gasteiger partial charge on any atom is -0.387 e. The number of nitriles is 2. The van der Waals surface area contributed by atoms with E-state index in [0.717, 1.165) is 6.42 Å². The Balaban J connectivity index is 4.48. The van der Waals surface area contributed by atoms with Gasteiger partial charge in [-0.3, -0.25) is 5.41 Å². The second kappa shape index (κ2) is 5.73. The fraction of sp³-hybridized carbons (Fsp3) is 0.500. The Morgan fingerprint density at radius 2 is 2.23 bits per heavy atom. The smallest absolute Gasteiger partial charge is 0.189 e. The van der Waals surface area contributed by atoms with Gasteiger partial charge in [-0.1, -0.05) is 6.92 Å². The van der Waals surface area contributed by atoms with E-state index in [0.29, 0.717) is 12.3 Å². The monoisotopic (exact) mass is 177 g/mol. The SMILES string of the molecule is CCCC(N)=NC(C#N)C(=N)C#N. The summed E-state index contributed by atoms with van der Waals surface area (Å²) in [6.07, 6.45) is 1.41. The van der Waals surface area contributed by atoms with Gasteiger partial charge >= 0.3 is 0 Å². The maximum Gasteiger partial charge on any atom is 0.189 e. The van der Waals surface area contributed by atoms with Crippen LogP contribution in [0.4, 0.5) is 0 Å². The van der Waals surface area contributed by atoms with Crippen LogP contribution < -0.4 is 5.73 Å². The van der Waals surface area contributed by atoms with Gasteiger partial charge in [0.05, 0.1) is 11.9 Å². The van der Waals surface area contributed by atoms with Gasteiger partial charge in [0.2, 0.25) is 0 Å². The van der Waals surface area contributed by atoms with E-state index in [1.54, 1.807) is 12.1 Å². The van der Waals surface area contributed by atoms with Crippen molar-refractivity contribution in [2.75, 3.05) is 0 Å². The highest BCUT2D eigenvalue weighted by Gasteiger charge is 2.11. The third kappa shape index (κ3) is 3.88. The number of hydrogen-bond donors (Lipinski definition) is 2. The number of nitrogens with one attached hydrogen (secondary N) is 1. The Morgan fingerprint density at radius 1 is 1.62 bits per heavy atom. The summed E-state index contributed by atoms with van der Waals surface area (Å²) < 4.78 is 0. The molecule has 5 heteroatoms. The third-order valence-electron chi connectivity index (χ3n) is 1.32. The van der Waals surface area contributed by atoms with E-state index in [1.807, 2.05) is 6.92 Å². The van der Waals surface area contributed by atoms with Crippen molar-refractivity contribution in [3.8, 4) is 12.1 Å². The van der Waals surface area contributed by atoms with E-state index in [-0.39, 0.29) is 5.71 Å². The van der Waals surface area contributed by atoms with Crippen molar-refractivity contribution in [2.45, 2.75) is 25.8 Å². The summed E-state index contributed by atoms with van der Waals surface area (Å²) in [6.45, 7) is 1.93. The van der Waals surface area contributed by atoms with Crippen LogP contribution in [0.25, 0.3) is 0 Å². The van der Waals surface area contributed by atoms with E-state index in [4.69, 9.17) is 21.7 Å². The molecule has 0 radical (unpaired) electrons. The minimum absolute atomic E-state index is 0.314. The van der Waals surface area contributed by atoms with Crippen molar-refractivity contribution >= 4 is 11.5 Å². The van der Waals surface area contributed by atoms with Crippen LogP contribution >= 0.6 is 0 Å². The van der Waals surface area contributed by atoms with Gasteiger partial charge in [0.1, 0.15) is 11.8 Å². The maximum absolute atomic E-state index is 8.54. The molecule has 3 N–H and O–H groups in total. The summed E-state index contributed by atoms with van der Waals surface area (Å²) in [6, 6.07) is 2.24. The molecule has 1 atom stereocenters. The predicted octanol–water partition coefficient (Wildman–Crippen LogP) is 0.579. The average molecular weight is 177 g/mol. The van der Waals surface area contributed by atoms with E-state index >= 15 is 0 Å². The van der Waals surface area contributed by atoms with Crippen LogP contribution in [0.2, 0.25) is 0 Å². The predicted molar refractivity (Wildman–Crippen MR) is 49.3 cm³/mol. The first-order valence-corrected chi connectivity index (χ1v) is 3.86. The van der Waals surface area contributed by atoms with Crippen LogP contribution in [0.3, 0.4) is 0 Å². The molecule has 0 aliphatic rings. The molecule has 0 rings (SSSR count). The Labute approximate surface area is 77.0 Å². The van der Waals surface area contributed by atoms with Crippen molar-refractivity contribution in [3.05, 3.63) is 0 Å². The fourth-order valence-electron chi connectivity index (χ4n) is 0.706. The van der Waals surface area contributed by atoms with Gasteiger partial charge in [-0.2, -0.15) is 10.5 Å². The molecule has 0 spiro atoms. The molecule has 0 aromatic rings. The number of nitrogens with two attached hydrogens (primary N) is 1. The second-order valence-corrected chi connectivity index (χ2v) is 2.43. The maximum atomic E-state index is 8.54. The van der Waals surface area contributed by atoms with Crippen LogP contribution in [-0.2, 0) is 0 Å². The van der Waals surface area contributed by atoms with Gasteiger partial charge < -0.3 is 5.73 Å². The summed E-state index contributed by atoms with van der Waals surface area (Å²) in [5.74, 6) is 0.314. The Morgan fingerprint density at radius 3 is 2.62 bits per heavy atom. The molecule has 68 valence electrons. The van der Waals surface area contributed by atoms with Crippen molar-refractivity contribution < 1.29 is 0 Å². The molecule has 1 unspecified atom stereocenters. The van der Waals surface area contributed by atoms with Crippen LogP contribution in [0.1, 0.15) is 19.8 Å². The van der Waals surface area contributed by atoms with E-state index in [2.05, 4.69) is 4.99 Å². The molecule has 0 bridgehead atoms. The van der Waals surface area contributed by atoms with Crippen LogP contribution in [0.15, 0.2) is 4.99 Å². The molecule has 0 aromatic heterocycles. The van der Waals surface area contributed by atoms with Gasteiger partial charge in [-0.25, -0.2) is 4.99 Å². The van der Waals surface area contributed by atoms with Gasteiger partial charge in [-0.05, 0) is 6.42 Å². The third-order valence-corrected chi connectivity index (χ3v) is 1.32. The summed E-state index contributed by atoms with van der Waals surface area (Å²) in [5, 5.41) is 24.0. The lowest BCUT2D eigenvalue weighted by atomic mass is 10.2. The zero-order valence-electron chi connectivity index (χ0n) is 7.41. The highest BCUT2D eigenvalue weighted by atomic mass is 14.9. The summed E-state index contributed by atoms with van der Waals surface area (Å²) >= 11 is 0. The van der Waals surface area contributed by atoms with Crippen molar-refractivity contribution in [1.29, 1.82) is 15.9 Å². The molecule has 5 nitrogen and oxygen atoms in total. The summed E-state index contributed by atoms with van der Waals surface area (Å²) in [7, 11) is 0. The van der Waals surface area contributed by atoms with Gasteiger partial charge in [-0.15, -0.1) is 0 Å². The molecule has 0 heterocycles. The molecular formula is C8H11N5. The quantitative estimate of drug-likeness (QED) is 0.484. The van der Waals surface area contributed by atoms with Gasteiger partial charge in [0.25, 0.3) is 0 Å². The molecule has 0 aliphatic carbocycles. The van der Waals surface area contributed by atoms with Crippen molar-refractivity contribution in [3.63, 3.8) is 0 Å². The van der Waals surface area contributed by atoms with E-state index < -0.39 is 6.04 Å². The van der Waals surface area contributed by atoms with Crippen LogP contribution in [0, 0.1) is 28.1 Å². The normalized spacial score (nSPS) is 12.7. The fourth-order valence-corrected chi connectivity index (χ4v) is 0.706. The first-order chi connectivity index (χ1) is 6.15. The lowest BCUT2D eigenvalue weighted by molar-refractivity contribution is 0.958. The Hall–Kier alpha value is -1.88.